The molecule has 0 spiro atoms. The maximum Gasteiger partial charge on any atom is 0.122 e. The minimum atomic E-state index is -0.133. The molecule has 15 rings (SSSR count). The molecular weight excluding hydrogens is 1430 g/mol. The second kappa shape index (κ2) is 36.8. The Labute approximate surface area is 663 Å². The Morgan fingerprint density at radius 2 is 0.263 bits per heavy atom. The molecule has 1 aliphatic rings. The van der Waals surface area contributed by atoms with E-state index in [1.165, 1.54) is 0 Å². The van der Waals surface area contributed by atoms with Crippen LogP contribution in [-0.2, 0) is 91.2 Å². The van der Waals surface area contributed by atoms with Gasteiger partial charge in [0.15, 0.2) is 0 Å². The number of phenolic OH excluding ortho intramolecular Hbond substituents is 7. The summed E-state index contributed by atoms with van der Waals surface area (Å²) in [6.45, 7) is 1.18. The molecule has 0 fully saturated rings. The first-order chi connectivity index (χ1) is 55.8. The van der Waals surface area contributed by atoms with E-state index in [0.29, 0.717) is 118 Å². The second-order valence-corrected chi connectivity index (χ2v) is 28.3. The van der Waals surface area contributed by atoms with Gasteiger partial charge < -0.3 is 74.0 Å². The fraction of sp³-hybridized carbons (Fsp3) is 0.152. The summed E-state index contributed by atoms with van der Waals surface area (Å²) >= 11 is 0. The van der Waals surface area contributed by atoms with Crippen molar-refractivity contribution in [2.75, 3.05) is 7.11 Å². The first-order valence-electron chi connectivity index (χ1n) is 37.8. The minimum absolute atomic E-state index is 0.0599. The number of fused-ring (bicyclic) bond motifs is 14. The summed E-state index contributed by atoms with van der Waals surface area (Å²) in [6, 6.07) is 92.4. The smallest absolute Gasteiger partial charge is 0.122 e. The molecule has 15 heteroatoms. The lowest BCUT2D eigenvalue weighted by Gasteiger charge is -2.20. The van der Waals surface area contributed by atoms with E-state index >= 15 is 0 Å². The zero-order valence-corrected chi connectivity index (χ0v) is 63.1. The summed E-state index contributed by atoms with van der Waals surface area (Å²) in [5.74, 6) is 1.83. The molecule has 0 radical (unpaired) electrons. The van der Waals surface area contributed by atoms with Crippen LogP contribution in [0.15, 0.2) is 297 Å². The molecule has 0 heterocycles. The Balaban J connectivity index is 0.00000533. The molecule has 1 aliphatic carbocycles. The molecule has 574 valence electrons. The number of hydrogen-bond donors (Lipinski definition) is 8. The first-order valence-corrected chi connectivity index (χ1v) is 37.8. The average molecular weight is 1520 g/mol. The zero-order chi connectivity index (χ0) is 78.7. The Morgan fingerprint density at radius 3 is 0.360 bits per heavy atom. The summed E-state index contributed by atoms with van der Waals surface area (Å²) in [7, 11) is 1.00. The molecular formula is C99H88O15. The third-order valence-electron chi connectivity index (χ3n) is 20.1. The van der Waals surface area contributed by atoms with Crippen LogP contribution in [0.3, 0.4) is 0 Å². The topological polar surface area (TPSA) is 226 Å². The van der Waals surface area contributed by atoms with Gasteiger partial charge in [0.05, 0.1) is 0 Å². The number of aliphatic hydroxyl groups excluding tert-OH is 1. The monoisotopic (exact) mass is 1520 g/mol. The van der Waals surface area contributed by atoms with Crippen LogP contribution in [0, 0.1) is 0 Å². The number of benzene rings is 14. The summed E-state index contributed by atoms with van der Waals surface area (Å²) in [5, 5.41) is 97.9. The van der Waals surface area contributed by atoms with Crippen molar-refractivity contribution >= 4 is 0 Å². The SMILES string of the molecule is CO.Oc1c2cc(OCc3ccccc3)cc1Cc1cc(OCc3ccccc3)cc(c1O)Cc1cc(OCc3ccccc3)cc(c1O)Cc1cc(OCc3ccccc3)cc(c1O)Cc1cc(OCc3ccccc3)cc(c1O)Cc1cc(OCc3ccccc3)cc(c1O)Cc1cc(OCc3ccccc3)cc(c1O)C2. The molecule has 0 unspecified atom stereocenters. The van der Waals surface area contributed by atoms with E-state index < -0.39 is 0 Å². The molecule has 0 saturated carbocycles. The predicted molar refractivity (Wildman–Crippen MR) is 440 cm³/mol. The molecule has 14 bridgehead atoms. The molecule has 8 N–H and O–H groups in total. The van der Waals surface area contributed by atoms with E-state index in [1.54, 1.807) is 84.9 Å². The number of rotatable bonds is 21. The summed E-state index contributed by atoms with van der Waals surface area (Å²) in [6.07, 6.45) is -0.419. The molecule has 0 amide bonds. The highest BCUT2D eigenvalue weighted by Crippen LogP contribution is 2.45. The van der Waals surface area contributed by atoms with Gasteiger partial charge in [0.1, 0.15) is 127 Å². The number of phenols is 7. The van der Waals surface area contributed by atoms with E-state index in [1.807, 2.05) is 212 Å². The van der Waals surface area contributed by atoms with E-state index in [0.717, 1.165) is 46.1 Å². The number of ether oxygens (including phenoxy) is 7. The molecule has 0 aromatic heterocycles. The van der Waals surface area contributed by atoms with E-state index in [9.17, 15) is 35.7 Å². The van der Waals surface area contributed by atoms with E-state index in [4.69, 9.17) is 38.3 Å². The fourth-order valence-corrected chi connectivity index (χ4v) is 14.2. The summed E-state index contributed by atoms with van der Waals surface area (Å²) < 4.78 is 46.4. The van der Waals surface area contributed by atoms with Crippen LogP contribution >= 0.6 is 0 Å². The van der Waals surface area contributed by atoms with Crippen LogP contribution in [0.2, 0.25) is 0 Å². The summed E-state index contributed by atoms with van der Waals surface area (Å²) in [4.78, 5) is 0. The fourth-order valence-electron chi connectivity index (χ4n) is 14.2. The molecule has 15 nitrogen and oxygen atoms in total. The molecule has 0 aliphatic heterocycles. The highest BCUT2D eigenvalue weighted by molar-refractivity contribution is 5.62. The minimum Gasteiger partial charge on any atom is -0.507 e. The molecule has 14 aromatic carbocycles. The third-order valence-corrected chi connectivity index (χ3v) is 20.1. The maximum atomic E-state index is 13.0. The van der Waals surface area contributed by atoms with Crippen LogP contribution in [0.4, 0.5) is 0 Å². The number of hydrogen-bond acceptors (Lipinski definition) is 15. The van der Waals surface area contributed by atoms with Gasteiger partial charge in [-0.15, -0.1) is 0 Å². The van der Waals surface area contributed by atoms with Gasteiger partial charge >= 0.3 is 0 Å². The van der Waals surface area contributed by atoms with Gasteiger partial charge in [0.25, 0.3) is 0 Å². The van der Waals surface area contributed by atoms with Gasteiger partial charge in [-0.1, -0.05) is 212 Å². The Bertz CT molecular complexity index is 4440. The van der Waals surface area contributed by atoms with Crippen molar-refractivity contribution in [3.05, 3.63) is 414 Å². The zero-order valence-electron chi connectivity index (χ0n) is 63.1. The number of aliphatic hydroxyl groups is 1. The van der Waals surface area contributed by atoms with Gasteiger partial charge in [-0.3, -0.25) is 0 Å². The van der Waals surface area contributed by atoms with Crippen LogP contribution in [0.5, 0.6) is 80.5 Å². The van der Waals surface area contributed by atoms with Crippen molar-refractivity contribution in [3.63, 3.8) is 0 Å². The van der Waals surface area contributed by atoms with Crippen molar-refractivity contribution in [1.82, 2.24) is 0 Å². The van der Waals surface area contributed by atoms with Crippen LogP contribution < -0.4 is 33.2 Å². The van der Waals surface area contributed by atoms with Gasteiger partial charge in [-0.2, -0.15) is 0 Å². The Hall–Kier alpha value is -13.8. The van der Waals surface area contributed by atoms with Crippen LogP contribution in [0.1, 0.15) is 117 Å². The Morgan fingerprint density at radius 1 is 0.167 bits per heavy atom. The molecule has 0 atom stereocenters. The quantitative estimate of drug-likeness (QED) is 0.0335. The standard InChI is InChI=1S/C98H84O14.CH4O/c99-92-71-36-73-45-86(107-58-65-24-10-2-11-25-65)47-75(93(73)100)38-77-49-88(109-60-67-28-14-4-15-29-67)51-79(95(77)102)40-81-53-90(111-62-69-32-18-6-19-33-69)55-83(97(81)104)42-84-56-91(112-63-70-34-20-7-21-35-70)54-82(98(84)105)41-80-52-89(110-61-68-30-16-5-17-31-68)50-78(96(80)103)39-76-48-87(108-59-66-26-12-3-13-27-66)46-74(94(76)101)37-72(92)44-85(43-71)106-57-64-22-8-1-9-23-64;1-2/h1-35,43-56,99-105H,36-42,57-63H2;2H,1H3. The summed E-state index contributed by atoms with van der Waals surface area (Å²) in [5.41, 5.74) is 11.5. The normalized spacial score (nSPS) is 11.8. The van der Waals surface area contributed by atoms with E-state index in [-0.39, 0.29) is 131 Å². The predicted octanol–water partition coefficient (Wildman–Crippen LogP) is 19.7. The highest BCUT2D eigenvalue weighted by atomic mass is 16.5. The van der Waals surface area contributed by atoms with Crippen molar-refractivity contribution in [1.29, 1.82) is 0 Å². The van der Waals surface area contributed by atoms with Gasteiger partial charge in [0.2, 0.25) is 0 Å². The third kappa shape index (κ3) is 19.7. The van der Waals surface area contributed by atoms with Crippen molar-refractivity contribution in [2.24, 2.45) is 0 Å². The average Bonchev–Trinajstić information content (AvgIpc) is 0.786. The van der Waals surface area contributed by atoms with Gasteiger partial charge in [0, 0.05) is 130 Å². The largest absolute Gasteiger partial charge is 0.507 e. The molecule has 14 aromatic rings. The lowest BCUT2D eigenvalue weighted by molar-refractivity contribution is 0.304. The van der Waals surface area contributed by atoms with Crippen molar-refractivity contribution < 1.29 is 74.0 Å². The van der Waals surface area contributed by atoms with Gasteiger partial charge in [-0.25, -0.2) is 0 Å². The van der Waals surface area contributed by atoms with Crippen molar-refractivity contribution in [3.8, 4) is 80.5 Å². The van der Waals surface area contributed by atoms with Crippen LogP contribution in [0.25, 0.3) is 0 Å². The van der Waals surface area contributed by atoms with Crippen LogP contribution in [-0.4, -0.2) is 48.0 Å². The first kappa shape index (κ1) is 77.0. The lowest BCUT2D eigenvalue weighted by Crippen LogP contribution is -2.05. The second-order valence-electron chi connectivity index (χ2n) is 28.3. The van der Waals surface area contributed by atoms with Gasteiger partial charge in [-0.05, 0) is 124 Å². The molecule has 114 heavy (non-hydrogen) atoms. The number of aromatic hydroxyl groups is 7. The molecule has 0 saturated heterocycles. The van der Waals surface area contributed by atoms with E-state index in [2.05, 4.69) is 0 Å². The lowest BCUT2D eigenvalue weighted by atomic mass is 9.91. The van der Waals surface area contributed by atoms with Crippen molar-refractivity contribution in [2.45, 2.75) is 91.2 Å². The highest BCUT2D eigenvalue weighted by Gasteiger charge is 2.26. The Kier molecular flexibility index (Phi) is 24.9. The maximum absolute atomic E-state index is 13.0.